The molecule has 4 aliphatic rings. The molecule has 0 saturated carbocycles. The first-order chi connectivity index (χ1) is 17.6. The SMILES string of the molecule is COC/C1=C/C(c2[nH]c3ccc(C4CCN(C5COC5)CC4)cc3c2C(C)C)=C\CCC2N=CN=C12. The van der Waals surface area contributed by atoms with Crippen molar-refractivity contribution in [3.8, 4) is 0 Å². The molecule has 6 heteroatoms. The molecule has 0 radical (unpaired) electrons. The molecule has 0 bridgehead atoms. The first-order valence-corrected chi connectivity index (χ1v) is 13.6. The second kappa shape index (κ2) is 10.1. The van der Waals surface area contributed by atoms with E-state index >= 15 is 0 Å². The predicted octanol–water partition coefficient (Wildman–Crippen LogP) is 5.47. The molecule has 6 nitrogen and oxygen atoms in total. The van der Waals surface area contributed by atoms with Crippen LogP contribution in [0.1, 0.15) is 68.2 Å². The zero-order chi connectivity index (χ0) is 24.6. The number of aliphatic imine (C=N–C) groups is 2. The molecule has 3 aliphatic heterocycles. The van der Waals surface area contributed by atoms with Crippen molar-refractivity contribution in [1.29, 1.82) is 0 Å². The lowest BCUT2D eigenvalue weighted by molar-refractivity contribution is -0.0712. The topological polar surface area (TPSA) is 62.2 Å². The number of H-pyrrole nitrogens is 1. The fourth-order valence-electron chi connectivity index (χ4n) is 6.35. The van der Waals surface area contributed by atoms with Crippen LogP contribution in [0.25, 0.3) is 16.5 Å². The standard InChI is InChI=1S/C30H38N4O2/c1-19(2)28-25-14-21(20-9-11-34(12-10-20)24-16-36-17-24)7-8-26(25)33-30(28)22-5-4-6-27-29(32-18-31-27)23(13-22)15-35-3/h5,7-8,13-14,18-20,24,27,33H,4,6,9-12,15-17H2,1-3H3/b22-5+,23-13-. The van der Waals surface area contributed by atoms with Crippen LogP contribution in [0.3, 0.4) is 0 Å². The summed E-state index contributed by atoms with van der Waals surface area (Å²) in [5, 5.41) is 1.37. The van der Waals surface area contributed by atoms with E-state index in [9.17, 15) is 0 Å². The Kier molecular flexibility index (Phi) is 6.67. The van der Waals surface area contributed by atoms with Crippen molar-refractivity contribution in [2.24, 2.45) is 9.98 Å². The van der Waals surface area contributed by atoms with E-state index < -0.39 is 0 Å². The number of allylic oxidation sites excluding steroid dienone is 3. The van der Waals surface area contributed by atoms with E-state index in [1.807, 2.05) is 0 Å². The van der Waals surface area contributed by atoms with Crippen LogP contribution in [0, 0.1) is 0 Å². The van der Waals surface area contributed by atoms with Gasteiger partial charge in [0.05, 0.1) is 37.6 Å². The van der Waals surface area contributed by atoms with Crippen LogP contribution in [-0.4, -0.2) is 74.0 Å². The quantitative estimate of drug-likeness (QED) is 0.589. The monoisotopic (exact) mass is 486 g/mol. The highest BCUT2D eigenvalue weighted by Crippen LogP contribution is 2.38. The lowest BCUT2D eigenvalue weighted by Gasteiger charge is -2.41. The molecule has 0 amide bonds. The van der Waals surface area contributed by atoms with Gasteiger partial charge in [-0.05, 0) is 85.5 Å². The second-order valence-electron chi connectivity index (χ2n) is 11.0. The van der Waals surface area contributed by atoms with Gasteiger partial charge in [0.15, 0.2) is 0 Å². The van der Waals surface area contributed by atoms with Gasteiger partial charge in [-0.3, -0.25) is 9.89 Å². The van der Waals surface area contributed by atoms with Gasteiger partial charge in [0.25, 0.3) is 0 Å². The van der Waals surface area contributed by atoms with Gasteiger partial charge in [0, 0.05) is 29.3 Å². The minimum atomic E-state index is 0.155. The molecule has 2 saturated heterocycles. The summed E-state index contributed by atoms with van der Waals surface area (Å²) in [6.45, 7) is 9.36. The lowest BCUT2D eigenvalue weighted by atomic mass is 9.86. The highest BCUT2D eigenvalue weighted by molar-refractivity contribution is 6.12. The Bertz CT molecular complexity index is 1240. The van der Waals surface area contributed by atoms with Crippen LogP contribution in [0.5, 0.6) is 0 Å². The number of piperidine rings is 1. The maximum absolute atomic E-state index is 5.57. The Hall–Kier alpha value is -2.54. The predicted molar refractivity (Wildman–Crippen MR) is 147 cm³/mol. The number of likely N-dealkylation sites (tertiary alicyclic amines) is 1. The van der Waals surface area contributed by atoms with E-state index in [-0.39, 0.29) is 6.04 Å². The van der Waals surface area contributed by atoms with E-state index in [1.165, 1.54) is 59.2 Å². The summed E-state index contributed by atoms with van der Waals surface area (Å²) in [6.07, 6.45) is 10.8. The van der Waals surface area contributed by atoms with Crippen molar-refractivity contribution >= 4 is 28.5 Å². The number of aromatic nitrogens is 1. The molecule has 1 atom stereocenters. The molecule has 4 heterocycles. The van der Waals surface area contributed by atoms with Crippen molar-refractivity contribution in [2.45, 2.75) is 63.5 Å². The molecule has 2 fully saturated rings. The molecule has 1 unspecified atom stereocenters. The van der Waals surface area contributed by atoms with Gasteiger partial charge >= 0.3 is 0 Å². The summed E-state index contributed by atoms with van der Waals surface area (Å²) >= 11 is 0. The molecule has 1 N–H and O–H groups in total. The van der Waals surface area contributed by atoms with Crippen LogP contribution >= 0.6 is 0 Å². The first kappa shape index (κ1) is 23.8. The lowest BCUT2D eigenvalue weighted by Crippen LogP contribution is -2.51. The van der Waals surface area contributed by atoms with Crippen molar-refractivity contribution in [1.82, 2.24) is 9.88 Å². The number of ether oxygens (including phenoxy) is 2. The van der Waals surface area contributed by atoms with Crippen LogP contribution < -0.4 is 0 Å². The Morgan fingerprint density at radius 1 is 1.17 bits per heavy atom. The third-order valence-corrected chi connectivity index (χ3v) is 8.39. The van der Waals surface area contributed by atoms with Crippen molar-refractivity contribution in [3.05, 3.63) is 52.7 Å². The van der Waals surface area contributed by atoms with Crippen LogP contribution in [0.4, 0.5) is 0 Å². The van der Waals surface area contributed by atoms with Crippen LogP contribution in [0.2, 0.25) is 0 Å². The Balaban J connectivity index is 1.33. The maximum atomic E-state index is 5.57. The summed E-state index contributed by atoms with van der Waals surface area (Å²) in [4.78, 5) is 15.6. The maximum Gasteiger partial charge on any atom is 0.111 e. The molecule has 1 aliphatic carbocycles. The fraction of sp³-hybridized carbons (Fsp3) is 0.533. The fourth-order valence-corrected chi connectivity index (χ4v) is 6.35. The highest BCUT2D eigenvalue weighted by Gasteiger charge is 2.30. The highest BCUT2D eigenvalue weighted by atomic mass is 16.5. The van der Waals surface area contributed by atoms with Gasteiger partial charge in [-0.25, -0.2) is 4.99 Å². The third-order valence-electron chi connectivity index (χ3n) is 8.39. The molecular formula is C30H38N4O2. The number of hydrogen-bond donors (Lipinski definition) is 1. The molecule has 1 aromatic heterocycles. The van der Waals surface area contributed by atoms with Gasteiger partial charge < -0.3 is 14.5 Å². The van der Waals surface area contributed by atoms with Gasteiger partial charge in [0.1, 0.15) is 6.34 Å². The zero-order valence-corrected chi connectivity index (χ0v) is 21.8. The normalized spacial score (nSPS) is 26.7. The minimum absolute atomic E-state index is 0.155. The second-order valence-corrected chi connectivity index (χ2v) is 11.0. The van der Waals surface area contributed by atoms with E-state index in [0.717, 1.165) is 37.3 Å². The van der Waals surface area contributed by atoms with Crippen molar-refractivity contribution in [3.63, 3.8) is 0 Å². The number of nitrogens with one attached hydrogen (secondary N) is 1. The summed E-state index contributed by atoms with van der Waals surface area (Å²) in [5.41, 5.74) is 8.80. The smallest absolute Gasteiger partial charge is 0.111 e. The Morgan fingerprint density at radius 3 is 2.72 bits per heavy atom. The number of rotatable bonds is 6. The van der Waals surface area contributed by atoms with E-state index in [2.05, 4.69) is 64.1 Å². The number of hydrogen-bond acceptors (Lipinski definition) is 5. The van der Waals surface area contributed by atoms with Gasteiger partial charge in [0.2, 0.25) is 0 Å². The van der Waals surface area contributed by atoms with Crippen molar-refractivity contribution in [2.75, 3.05) is 40.0 Å². The molecule has 6 rings (SSSR count). The molecular weight excluding hydrogens is 448 g/mol. The van der Waals surface area contributed by atoms with Crippen molar-refractivity contribution < 1.29 is 9.47 Å². The average molecular weight is 487 g/mol. The number of nitrogens with zero attached hydrogens (tertiary/aromatic N) is 3. The Labute approximate surface area is 214 Å². The molecule has 1 aromatic carbocycles. The van der Waals surface area contributed by atoms with Crippen LogP contribution in [-0.2, 0) is 9.47 Å². The largest absolute Gasteiger partial charge is 0.380 e. The number of methoxy groups -OCH3 is 1. The number of fused-ring (bicyclic) bond motifs is 2. The van der Waals surface area contributed by atoms with Gasteiger partial charge in [-0.1, -0.05) is 26.0 Å². The molecule has 0 spiro atoms. The third kappa shape index (κ3) is 4.40. The average Bonchev–Trinajstić information content (AvgIpc) is 3.45. The molecule has 2 aromatic rings. The minimum Gasteiger partial charge on any atom is -0.380 e. The number of aromatic amines is 1. The molecule has 190 valence electrons. The summed E-state index contributed by atoms with van der Waals surface area (Å²) in [5.74, 6) is 1.05. The van der Waals surface area contributed by atoms with E-state index in [1.54, 1.807) is 13.4 Å². The summed E-state index contributed by atoms with van der Waals surface area (Å²) < 4.78 is 11.0. The van der Waals surface area contributed by atoms with Crippen LogP contribution in [0.15, 0.2) is 45.9 Å². The van der Waals surface area contributed by atoms with Gasteiger partial charge in [-0.15, -0.1) is 0 Å². The zero-order valence-electron chi connectivity index (χ0n) is 21.8. The van der Waals surface area contributed by atoms with E-state index in [4.69, 9.17) is 9.47 Å². The number of benzene rings is 1. The summed E-state index contributed by atoms with van der Waals surface area (Å²) in [7, 11) is 1.75. The Morgan fingerprint density at radius 2 is 2.00 bits per heavy atom. The first-order valence-electron chi connectivity index (χ1n) is 13.6. The van der Waals surface area contributed by atoms with Gasteiger partial charge in [-0.2, -0.15) is 0 Å². The van der Waals surface area contributed by atoms with E-state index in [0.29, 0.717) is 24.5 Å². The summed E-state index contributed by atoms with van der Waals surface area (Å²) in [6, 6.07) is 7.94. The molecule has 36 heavy (non-hydrogen) atoms.